The van der Waals surface area contributed by atoms with Crippen LogP contribution in [0.2, 0.25) is 0 Å². The average Bonchev–Trinajstić information content (AvgIpc) is 2.94. The predicted molar refractivity (Wildman–Crippen MR) is 99.2 cm³/mol. The van der Waals surface area contributed by atoms with E-state index < -0.39 is 0 Å². The molecule has 1 heterocycles. The van der Waals surface area contributed by atoms with Crippen LogP contribution in [0.15, 0.2) is 48.5 Å². The molecule has 1 aliphatic carbocycles. The van der Waals surface area contributed by atoms with E-state index in [0.29, 0.717) is 11.3 Å². The Kier molecular flexibility index (Phi) is 3.96. The number of carbonyl (C=O) groups is 1. The van der Waals surface area contributed by atoms with Crippen LogP contribution in [0.5, 0.6) is 5.75 Å². The Morgan fingerprint density at radius 1 is 1.16 bits per heavy atom. The van der Waals surface area contributed by atoms with E-state index in [1.165, 1.54) is 22.2 Å². The first-order valence-corrected chi connectivity index (χ1v) is 8.68. The maximum absolute atomic E-state index is 12.7. The van der Waals surface area contributed by atoms with E-state index in [4.69, 9.17) is 4.74 Å². The van der Waals surface area contributed by atoms with Crippen LogP contribution in [0.3, 0.4) is 0 Å². The minimum absolute atomic E-state index is 0.0638. The smallest absolute Gasteiger partial charge is 0.255 e. The number of fused-ring (bicyclic) bond motifs is 3. The van der Waals surface area contributed by atoms with Gasteiger partial charge in [-0.25, -0.2) is 0 Å². The lowest BCUT2D eigenvalue weighted by Gasteiger charge is -2.25. The topological polar surface area (TPSA) is 43.3 Å². The SMILES string of the molecule is COc1ccccc1C(=O)NC1CCc2c(c3ccccc3n2C)C1. The first kappa shape index (κ1) is 15.8. The number of hydrogen-bond donors (Lipinski definition) is 1. The molecule has 3 aromatic rings. The summed E-state index contributed by atoms with van der Waals surface area (Å²) in [4.78, 5) is 12.7. The van der Waals surface area contributed by atoms with Gasteiger partial charge in [-0.05, 0) is 43.0 Å². The molecule has 1 N–H and O–H groups in total. The maximum atomic E-state index is 12.7. The molecule has 0 fully saturated rings. The summed E-state index contributed by atoms with van der Waals surface area (Å²) in [5.41, 5.74) is 4.62. The molecule has 2 aromatic carbocycles. The molecule has 4 nitrogen and oxygen atoms in total. The lowest BCUT2D eigenvalue weighted by atomic mass is 9.91. The summed E-state index contributed by atoms with van der Waals surface area (Å²) in [5, 5.41) is 4.50. The zero-order chi connectivity index (χ0) is 17.4. The van der Waals surface area contributed by atoms with Crippen LogP contribution in [0, 0.1) is 0 Å². The number of nitrogens with one attached hydrogen (secondary N) is 1. The minimum atomic E-state index is -0.0638. The Bertz CT molecular complexity index is 942. The van der Waals surface area contributed by atoms with Crippen molar-refractivity contribution >= 4 is 16.8 Å². The molecule has 0 spiro atoms. The van der Waals surface area contributed by atoms with Gasteiger partial charge in [0.15, 0.2) is 0 Å². The number of rotatable bonds is 3. The third-order valence-corrected chi connectivity index (χ3v) is 5.21. The number of nitrogens with zero attached hydrogens (tertiary/aromatic N) is 1. The molecule has 0 radical (unpaired) electrons. The molecule has 0 bridgehead atoms. The first-order valence-electron chi connectivity index (χ1n) is 8.68. The van der Waals surface area contributed by atoms with Crippen LogP contribution in [0.1, 0.15) is 28.0 Å². The maximum Gasteiger partial charge on any atom is 0.255 e. The van der Waals surface area contributed by atoms with Crippen molar-refractivity contribution in [1.82, 2.24) is 9.88 Å². The lowest BCUT2D eigenvalue weighted by Crippen LogP contribution is -2.39. The highest BCUT2D eigenvalue weighted by Gasteiger charge is 2.26. The van der Waals surface area contributed by atoms with E-state index in [-0.39, 0.29) is 11.9 Å². The van der Waals surface area contributed by atoms with Gasteiger partial charge in [-0.15, -0.1) is 0 Å². The van der Waals surface area contributed by atoms with Crippen LogP contribution in [0.25, 0.3) is 10.9 Å². The summed E-state index contributed by atoms with van der Waals surface area (Å²) in [7, 11) is 3.73. The van der Waals surface area contributed by atoms with E-state index in [0.717, 1.165) is 19.3 Å². The number of hydrogen-bond acceptors (Lipinski definition) is 2. The first-order chi connectivity index (χ1) is 12.2. The molecule has 25 heavy (non-hydrogen) atoms. The van der Waals surface area contributed by atoms with Crippen LogP contribution in [0.4, 0.5) is 0 Å². The van der Waals surface area contributed by atoms with Gasteiger partial charge in [-0.1, -0.05) is 30.3 Å². The zero-order valence-electron chi connectivity index (χ0n) is 14.6. The number of aromatic nitrogens is 1. The highest BCUT2D eigenvalue weighted by Crippen LogP contribution is 2.31. The van der Waals surface area contributed by atoms with Crippen LogP contribution in [-0.4, -0.2) is 23.6 Å². The zero-order valence-corrected chi connectivity index (χ0v) is 14.6. The van der Waals surface area contributed by atoms with Gasteiger partial charge >= 0.3 is 0 Å². The van der Waals surface area contributed by atoms with Crippen LogP contribution >= 0.6 is 0 Å². The fourth-order valence-corrected chi connectivity index (χ4v) is 3.95. The Morgan fingerprint density at radius 2 is 1.92 bits per heavy atom. The van der Waals surface area contributed by atoms with Gasteiger partial charge in [0, 0.05) is 29.7 Å². The highest BCUT2D eigenvalue weighted by atomic mass is 16.5. The van der Waals surface area contributed by atoms with E-state index in [1.54, 1.807) is 13.2 Å². The summed E-state index contributed by atoms with van der Waals surface area (Å²) in [6.07, 6.45) is 2.81. The highest BCUT2D eigenvalue weighted by molar-refractivity contribution is 5.97. The summed E-state index contributed by atoms with van der Waals surface area (Å²) in [6.45, 7) is 0. The second-order valence-electron chi connectivity index (χ2n) is 6.61. The molecule has 0 saturated carbocycles. The number of methoxy groups -OCH3 is 1. The fraction of sp³-hybridized carbons (Fsp3) is 0.286. The van der Waals surface area contributed by atoms with Crippen molar-refractivity contribution in [3.63, 3.8) is 0 Å². The Hall–Kier alpha value is -2.75. The van der Waals surface area contributed by atoms with Gasteiger partial charge in [0.25, 0.3) is 5.91 Å². The Balaban J connectivity index is 1.59. The predicted octanol–water partition coefficient (Wildman–Crippen LogP) is 3.47. The molecule has 0 saturated heterocycles. The van der Waals surface area contributed by atoms with Gasteiger partial charge in [0.05, 0.1) is 12.7 Å². The second kappa shape index (κ2) is 6.28. The van der Waals surface area contributed by atoms with Crippen molar-refractivity contribution in [3.05, 3.63) is 65.4 Å². The second-order valence-corrected chi connectivity index (χ2v) is 6.61. The third kappa shape index (κ3) is 2.68. The van der Waals surface area contributed by atoms with E-state index in [2.05, 4.69) is 41.2 Å². The summed E-state index contributed by atoms with van der Waals surface area (Å²) < 4.78 is 7.60. The van der Waals surface area contributed by atoms with Crippen molar-refractivity contribution in [1.29, 1.82) is 0 Å². The van der Waals surface area contributed by atoms with Gasteiger partial charge in [0.2, 0.25) is 0 Å². The van der Waals surface area contributed by atoms with Crippen molar-refractivity contribution < 1.29 is 9.53 Å². The number of aryl methyl sites for hydroxylation is 1. The van der Waals surface area contributed by atoms with Crippen molar-refractivity contribution in [2.45, 2.75) is 25.3 Å². The van der Waals surface area contributed by atoms with Crippen molar-refractivity contribution in [2.24, 2.45) is 7.05 Å². The largest absolute Gasteiger partial charge is 0.496 e. The summed E-state index contributed by atoms with van der Waals surface area (Å²) in [6, 6.07) is 16.0. The number of para-hydroxylation sites is 2. The van der Waals surface area contributed by atoms with Crippen molar-refractivity contribution in [3.8, 4) is 5.75 Å². The van der Waals surface area contributed by atoms with E-state index >= 15 is 0 Å². The normalized spacial score (nSPS) is 16.5. The summed E-state index contributed by atoms with van der Waals surface area (Å²) in [5.74, 6) is 0.549. The fourth-order valence-electron chi connectivity index (χ4n) is 3.95. The molecular weight excluding hydrogens is 312 g/mol. The Labute approximate surface area is 147 Å². The molecule has 1 atom stereocenters. The average molecular weight is 334 g/mol. The molecule has 1 unspecified atom stereocenters. The van der Waals surface area contributed by atoms with Crippen LogP contribution < -0.4 is 10.1 Å². The van der Waals surface area contributed by atoms with Gasteiger partial charge in [-0.3, -0.25) is 4.79 Å². The number of carbonyl (C=O) groups excluding carboxylic acids is 1. The molecule has 1 aliphatic rings. The van der Waals surface area contributed by atoms with Gasteiger partial charge < -0.3 is 14.6 Å². The molecule has 4 rings (SSSR count). The summed E-state index contributed by atoms with van der Waals surface area (Å²) >= 11 is 0. The lowest BCUT2D eigenvalue weighted by molar-refractivity contribution is 0.0930. The molecular formula is C21H22N2O2. The molecule has 4 heteroatoms. The monoisotopic (exact) mass is 334 g/mol. The number of benzene rings is 2. The minimum Gasteiger partial charge on any atom is -0.496 e. The Morgan fingerprint density at radius 3 is 2.76 bits per heavy atom. The molecule has 128 valence electrons. The van der Waals surface area contributed by atoms with Gasteiger partial charge in [-0.2, -0.15) is 0 Å². The van der Waals surface area contributed by atoms with Gasteiger partial charge in [0.1, 0.15) is 5.75 Å². The van der Waals surface area contributed by atoms with E-state index in [9.17, 15) is 4.79 Å². The third-order valence-electron chi connectivity index (χ3n) is 5.21. The van der Waals surface area contributed by atoms with Crippen LogP contribution in [-0.2, 0) is 19.9 Å². The quantitative estimate of drug-likeness (QED) is 0.797. The van der Waals surface area contributed by atoms with Crippen molar-refractivity contribution in [2.75, 3.05) is 7.11 Å². The molecule has 0 aliphatic heterocycles. The molecule has 1 aromatic heterocycles. The van der Waals surface area contributed by atoms with E-state index in [1.807, 2.05) is 18.2 Å². The number of ether oxygens (including phenoxy) is 1. The molecule has 1 amide bonds. The standard InChI is InChI=1S/C21H22N2O2/c1-23-18-9-5-3-7-15(18)17-13-14(11-12-19(17)23)22-21(24)16-8-4-6-10-20(16)25-2/h3-10,14H,11-13H2,1-2H3,(H,22,24). The number of amides is 1.